The van der Waals surface area contributed by atoms with E-state index >= 15 is 0 Å². The van der Waals surface area contributed by atoms with Gasteiger partial charge < -0.3 is 0 Å². The molecule has 0 unspecified atom stereocenters. The Morgan fingerprint density at radius 2 is 1.55 bits per heavy atom. The van der Waals surface area contributed by atoms with E-state index in [2.05, 4.69) is 24.3 Å². The molecule has 0 fully saturated rings. The highest BCUT2D eigenvalue weighted by molar-refractivity contribution is 6.58. The molecule has 2 heteroatoms. The zero-order chi connectivity index (χ0) is 14.8. The maximum absolute atomic E-state index is 12.3. The molecule has 0 amide bonds. The molecule has 0 radical (unpaired) electrons. The van der Waals surface area contributed by atoms with Gasteiger partial charge in [-0.25, -0.2) is 0 Å². The summed E-state index contributed by atoms with van der Waals surface area (Å²) in [5.41, 5.74) is 1.11. The third-order valence-corrected chi connectivity index (χ3v) is 4.81. The van der Waals surface area contributed by atoms with Crippen LogP contribution in [-0.2, 0) is 0 Å². The standard InChI is InChI=1S/C20H12O2/c21-19-15-7-3-6-14-13-9-8-11-4-1-2-5-12(11)16(13)10-17(18(14)15)20(19)22/h3-10H,1-2H2. The number of hydrogen-bond acceptors (Lipinski definition) is 2. The molecule has 0 heterocycles. The van der Waals surface area contributed by atoms with E-state index < -0.39 is 0 Å². The highest BCUT2D eigenvalue weighted by atomic mass is 16.2. The third kappa shape index (κ3) is 1.30. The summed E-state index contributed by atoms with van der Waals surface area (Å²) in [7, 11) is 0. The van der Waals surface area contributed by atoms with Crippen molar-refractivity contribution in [1.29, 1.82) is 0 Å². The minimum absolute atomic E-state index is 0.370. The molecule has 2 aliphatic carbocycles. The van der Waals surface area contributed by atoms with Gasteiger partial charge in [0.15, 0.2) is 0 Å². The van der Waals surface area contributed by atoms with E-state index in [1.54, 1.807) is 6.07 Å². The molecule has 22 heavy (non-hydrogen) atoms. The van der Waals surface area contributed by atoms with Crippen LogP contribution in [0.3, 0.4) is 0 Å². The molecule has 0 saturated heterocycles. The molecule has 104 valence electrons. The molecular formula is C20H12O2. The predicted octanol–water partition coefficient (Wildman–Crippen LogP) is 2.73. The van der Waals surface area contributed by atoms with Crippen molar-refractivity contribution >= 4 is 45.3 Å². The summed E-state index contributed by atoms with van der Waals surface area (Å²) in [4.78, 5) is 24.5. The molecule has 0 aromatic heterocycles. The van der Waals surface area contributed by atoms with Gasteiger partial charge in [-0.3, -0.25) is 9.59 Å². The van der Waals surface area contributed by atoms with Gasteiger partial charge in [0, 0.05) is 16.5 Å². The van der Waals surface area contributed by atoms with Crippen LogP contribution in [0.2, 0.25) is 0 Å². The monoisotopic (exact) mass is 284 g/mol. The molecule has 0 bridgehead atoms. The van der Waals surface area contributed by atoms with Gasteiger partial charge in [-0.1, -0.05) is 42.5 Å². The van der Waals surface area contributed by atoms with Crippen molar-refractivity contribution in [3.05, 3.63) is 58.0 Å². The molecule has 0 N–H and O–H groups in total. The second-order valence-electron chi connectivity index (χ2n) is 5.96. The summed E-state index contributed by atoms with van der Waals surface area (Å²) in [6.07, 6.45) is 6.55. The molecule has 2 aliphatic rings. The van der Waals surface area contributed by atoms with Gasteiger partial charge >= 0.3 is 0 Å². The number of fused-ring (bicyclic) bond motifs is 4. The maximum Gasteiger partial charge on any atom is 0.234 e. The van der Waals surface area contributed by atoms with E-state index in [-0.39, 0.29) is 11.6 Å². The van der Waals surface area contributed by atoms with Crippen molar-refractivity contribution in [3.8, 4) is 0 Å². The van der Waals surface area contributed by atoms with E-state index in [1.165, 1.54) is 10.4 Å². The van der Waals surface area contributed by atoms with Gasteiger partial charge in [-0.05, 0) is 45.5 Å². The number of ketones is 2. The maximum atomic E-state index is 12.3. The van der Waals surface area contributed by atoms with Crippen LogP contribution >= 0.6 is 0 Å². The topological polar surface area (TPSA) is 34.1 Å². The second-order valence-corrected chi connectivity index (χ2v) is 5.96. The van der Waals surface area contributed by atoms with E-state index in [0.29, 0.717) is 11.1 Å². The van der Waals surface area contributed by atoms with Crippen molar-refractivity contribution in [2.24, 2.45) is 0 Å². The Morgan fingerprint density at radius 1 is 0.727 bits per heavy atom. The van der Waals surface area contributed by atoms with Crippen LogP contribution in [0, 0.1) is 0 Å². The molecule has 3 aromatic carbocycles. The number of rotatable bonds is 0. The summed E-state index contributed by atoms with van der Waals surface area (Å²) < 4.78 is 0. The summed E-state index contributed by atoms with van der Waals surface area (Å²) in [5.74, 6) is -0.745. The Morgan fingerprint density at radius 3 is 2.45 bits per heavy atom. The van der Waals surface area contributed by atoms with Crippen LogP contribution in [0.25, 0.3) is 33.7 Å². The van der Waals surface area contributed by atoms with Gasteiger partial charge in [0.25, 0.3) is 0 Å². The molecule has 0 aliphatic heterocycles. The average molecular weight is 284 g/mol. The fourth-order valence-corrected chi connectivity index (χ4v) is 3.81. The lowest BCUT2D eigenvalue weighted by atomic mass is 9.94. The van der Waals surface area contributed by atoms with Crippen LogP contribution in [0.1, 0.15) is 33.6 Å². The SMILES string of the molecule is O=C1C(=O)c2cc3c4c(ccc3c3cccc1c23)=CCCC=4. The van der Waals surface area contributed by atoms with Gasteiger partial charge in [-0.2, -0.15) is 0 Å². The van der Waals surface area contributed by atoms with Crippen molar-refractivity contribution in [2.45, 2.75) is 12.8 Å². The number of carbonyl (C=O) groups excluding carboxylic acids is 2. The first kappa shape index (κ1) is 11.9. The molecule has 5 rings (SSSR count). The van der Waals surface area contributed by atoms with Crippen molar-refractivity contribution in [3.63, 3.8) is 0 Å². The zero-order valence-electron chi connectivity index (χ0n) is 11.8. The van der Waals surface area contributed by atoms with E-state index in [4.69, 9.17) is 0 Å². The lowest BCUT2D eigenvalue weighted by Gasteiger charge is -2.09. The minimum Gasteiger partial charge on any atom is -0.285 e. The lowest BCUT2D eigenvalue weighted by Crippen LogP contribution is -2.27. The molecule has 3 aromatic rings. The minimum atomic E-state index is -0.375. The average Bonchev–Trinajstić information content (AvgIpc) is 2.81. The fourth-order valence-electron chi connectivity index (χ4n) is 3.81. The Hall–Kier alpha value is -2.74. The van der Waals surface area contributed by atoms with Gasteiger partial charge in [0.2, 0.25) is 11.6 Å². The number of benzene rings is 3. The Balaban J connectivity index is 2.12. The number of Topliss-reactive ketones (excluding diaryl/α,β-unsaturated/α-hetero) is 2. The summed E-state index contributed by atoms with van der Waals surface area (Å²) in [6, 6.07) is 11.8. The van der Waals surface area contributed by atoms with Gasteiger partial charge in [-0.15, -0.1) is 0 Å². The lowest BCUT2D eigenvalue weighted by molar-refractivity contribution is 0.0825. The summed E-state index contributed by atoms with van der Waals surface area (Å²) in [6.45, 7) is 0. The molecule has 2 nitrogen and oxygen atoms in total. The van der Waals surface area contributed by atoms with Crippen LogP contribution in [-0.4, -0.2) is 11.6 Å². The van der Waals surface area contributed by atoms with E-state index in [1.807, 2.05) is 18.2 Å². The highest BCUT2D eigenvalue weighted by Crippen LogP contribution is 2.35. The predicted molar refractivity (Wildman–Crippen MR) is 87.5 cm³/mol. The Labute approximate surface area is 126 Å². The molecule has 0 saturated carbocycles. The highest BCUT2D eigenvalue weighted by Gasteiger charge is 2.31. The number of carbonyl (C=O) groups is 2. The van der Waals surface area contributed by atoms with Crippen LogP contribution in [0.4, 0.5) is 0 Å². The quantitative estimate of drug-likeness (QED) is 0.470. The third-order valence-electron chi connectivity index (χ3n) is 4.81. The van der Waals surface area contributed by atoms with Crippen molar-refractivity contribution < 1.29 is 9.59 Å². The van der Waals surface area contributed by atoms with Gasteiger partial charge in [0.05, 0.1) is 0 Å². The summed E-state index contributed by atoms with van der Waals surface area (Å²) >= 11 is 0. The van der Waals surface area contributed by atoms with Crippen molar-refractivity contribution in [1.82, 2.24) is 0 Å². The zero-order valence-corrected chi connectivity index (χ0v) is 11.8. The fraction of sp³-hybridized carbons (Fsp3) is 0.100. The number of hydrogen-bond donors (Lipinski definition) is 0. The van der Waals surface area contributed by atoms with Gasteiger partial charge in [0.1, 0.15) is 0 Å². The second kappa shape index (κ2) is 3.92. The normalized spacial score (nSPS) is 15.8. The Kier molecular flexibility index (Phi) is 2.11. The first-order valence-electron chi connectivity index (χ1n) is 7.53. The van der Waals surface area contributed by atoms with Crippen LogP contribution in [0.15, 0.2) is 36.4 Å². The van der Waals surface area contributed by atoms with Crippen molar-refractivity contribution in [2.75, 3.05) is 0 Å². The molecule has 0 spiro atoms. The molecule has 0 atom stereocenters. The van der Waals surface area contributed by atoms with E-state index in [9.17, 15) is 9.59 Å². The smallest absolute Gasteiger partial charge is 0.234 e. The van der Waals surface area contributed by atoms with E-state index in [0.717, 1.165) is 34.4 Å². The molecular weight excluding hydrogens is 272 g/mol. The first-order chi connectivity index (χ1) is 10.8. The van der Waals surface area contributed by atoms with Crippen LogP contribution in [0.5, 0.6) is 0 Å². The van der Waals surface area contributed by atoms with Crippen LogP contribution < -0.4 is 10.4 Å². The largest absolute Gasteiger partial charge is 0.285 e. The summed E-state index contributed by atoms with van der Waals surface area (Å²) in [5, 5.41) is 6.44. The Bertz CT molecular complexity index is 1150. The first-order valence-corrected chi connectivity index (χ1v) is 7.53.